The molecular formula is C16H26O7. The average Bonchev–Trinajstić information content (AvgIpc) is 3.05. The van der Waals surface area contributed by atoms with E-state index < -0.39 is 17.8 Å². The van der Waals surface area contributed by atoms with Gasteiger partial charge in [-0.25, -0.2) is 0 Å². The zero-order chi connectivity index (χ0) is 16.4. The number of rotatable bonds is 5. The lowest BCUT2D eigenvalue weighted by molar-refractivity contribution is -0.316. The monoisotopic (exact) mass is 330 g/mol. The summed E-state index contributed by atoms with van der Waals surface area (Å²) in [6, 6.07) is 0. The highest BCUT2D eigenvalue weighted by atomic mass is 16.8. The average molecular weight is 330 g/mol. The summed E-state index contributed by atoms with van der Waals surface area (Å²) in [4.78, 5) is 12.6. The topological polar surface area (TPSA) is 72.5 Å². The summed E-state index contributed by atoms with van der Waals surface area (Å²) in [6.45, 7) is 6.75. The summed E-state index contributed by atoms with van der Waals surface area (Å²) in [5.41, 5.74) is -0.510. The van der Waals surface area contributed by atoms with Gasteiger partial charge in [0.05, 0.1) is 12.0 Å². The molecule has 3 heterocycles. The van der Waals surface area contributed by atoms with Gasteiger partial charge in [-0.1, -0.05) is 20.3 Å². The fourth-order valence-corrected chi connectivity index (χ4v) is 3.38. The first-order chi connectivity index (χ1) is 11.1. The Balaban J connectivity index is 1.70. The van der Waals surface area contributed by atoms with Crippen molar-refractivity contribution in [3.05, 3.63) is 0 Å². The van der Waals surface area contributed by atoms with Crippen LogP contribution in [0, 0.1) is 5.41 Å². The lowest BCUT2D eigenvalue weighted by Gasteiger charge is -2.44. The first-order valence-electron chi connectivity index (χ1n) is 8.38. The molecule has 3 aliphatic rings. The SMILES string of the molecule is CCCC(C)(CC)C(=O)OC1OC2COCOC2C2OCOC12. The Labute approximate surface area is 136 Å². The van der Waals surface area contributed by atoms with Crippen LogP contribution in [0.4, 0.5) is 0 Å². The van der Waals surface area contributed by atoms with Crippen molar-refractivity contribution in [2.45, 2.75) is 70.7 Å². The van der Waals surface area contributed by atoms with Crippen LogP contribution in [0.2, 0.25) is 0 Å². The zero-order valence-electron chi connectivity index (χ0n) is 14.0. The molecule has 3 aliphatic heterocycles. The van der Waals surface area contributed by atoms with Crippen LogP contribution in [0.1, 0.15) is 40.0 Å². The molecule has 0 amide bonds. The molecule has 0 spiro atoms. The van der Waals surface area contributed by atoms with Gasteiger partial charge in [0.15, 0.2) is 6.10 Å². The molecule has 3 saturated heterocycles. The van der Waals surface area contributed by atoms with Gasteiger partial charge in [-0.3, -0.25) is 4.79 Å². The number of hydrogen-bond donors (Lipinski definition) is 0. The minimum absolute atomic E-state index is 0.153. The molecule has 0 saturated carbocycles. The van der Waals surface area contributed by atoms with Gasteiger partial charge in [-0.05, 0) is 19.8 Å². The standard InChI is InChI=1S/C16H26O7/c1-4-6-16(3,5-2)15(17)23-14-13-12(20-9-21-13)11-10(22-14)7-18-8-19-11/h10-14H,4-9H2,1-3H3. The highest BCUT2D eigenvalue weighted by Gasteiger charge is 2.54. The molecule has 132 valence electrons. The van der Waals surface area contributed by atoms with Crippen LogP contribution in [0.3, 0.4) is 0 Å². The first kappa shape index (κ1) is 17.1. The molecule has 23 heavy (non-hydrogen) atoms. The van der Waals surface area contributed by atoms with Crippen molar-refractivity contribution in [3.63, 3.8) is 0 Å². The van der Waals surface area contributed by atoms with Crippen LogP contribution in [-0.2, 0) is 33.2 Å². The molecule has 0 aromatic heterocycles. The number of hydrogen-bond acceptors (Lipinski definition) is 7. The summed E-state index contributed by atoms with van der Waals surface area (Å²) >= 11 is 0. The van der Waals surface area contributed by atoms with E-state index in [1.54, 1.807) is 0 Å². The predicted octanol–water partition coefficient (Wildman–Crippen LogP) is 1.59. The van der Waals surface area contributed by atoms with Crippen molar-refractivity contribution in [2.24, 2.45) is 5.41 Å². The van der Waals surface area contributed by atoms with Crippen LogP contribution < -0.4 is 0 Å². The third-order valence-electron chi connectivity index (χ3n) is 5.04. The van der Waals surface area contributed by atoms with Gasteiger partial charge in [-0.2, -0.15) is 0 Å². The molecule has 0 N–H and O–H groups in total. The minimum Gasteiger partial charge on any atom is -0.432 e. The number of fused-ring (bicyclic) bond motifs is 3. The summed E-state index contributed by atoms with van der Waals surface area (Å²) in [7, 11) is 0. The molecule has 3 rings (SSSR count). The molecule has 0 radical (unpaired) electrons. The predicted molar refractivity (Wildman–Crippen MR) is 78.4 cm³/mol. The summed E-state index contributed by atoms with van der Waals surface area (Å²) in [5, 5.41) is 0. The molecule has 7 heteroatoms. The Kier molecular flexibility index (Phi) is 5.22. The largest absolute Gasteiger partial charge is 0.432 e. The van der Waals surface area contributed by atoms with E-state index in [0.717, 1.165) is 19.3 Å². The summed E-state index contributed by atoms with van der Waals surface area (Å²) in [5.74, 6) is -0.253. The van der Waals surface area contributed by atoms with E-state index in [0.29, 0.717) is 6.61 Å². The molecule has 0 aromatic carbocycles. The van der Waals surface area contributed by atoms with Gasteiger partial charge in [0.2, 0.25) is 6.29 Å². The molecule has 6 unspecified atom stereocenters. The van der Waals surface area contributed by atoms with E-state index in [-0.39, 0.29) is 37.9 Å². The van der Waals surface area contributed by atoms with E-state index in [1.807, 2.05) is 13.8 Å². The van der Waals surface area contributed by atoms with Crippen LogP contribution in [0.5, 0.6) is 0 Å². The zero-order valence-corrected chi connectivity index (χ0v) is 14.0. The molecule has 7 nitrogen and oxygen atoms in total. The second-order valence-corrected chi connectivity index (χ2v) is 6.61. The van der Waals surface area contributed by atoms with Crippen LogP contribution in [-0.4, -0.2) is 56.9 Å². The lowest BCUT2D eigenvalue weighted by atomic mass is 9.83. The van der Waals surface area contributed by atoms with Gasteiger partial charge in [-0.15, -0.1) is 0 Å². The van der Waals surface area contributed by atoms with Crippen molar-refractivity contribution >= 4 is 5.97 Å². The second kappa shape index (κ2) is 7.03. The highest BCUT2D eigenvalue weighted by molar-refractivity contribution is 5.76. The van der Waals surface area contributed by atoms with E-state index in [1.165, 1.54) is 0 Å². The van der Waals surface area contributed by atoms with Crippen molar-refractivity contribution in [1.82, 2.24) is 0 Å². The van der Waals surface area contributed by atoms with Gasteiger partial charge < -0.3 is 28.4 Å². The Morgan fingerprint density at radius 1 is 1.13 bits per heavy atom. The quantitative estimate of drug-likeness (QED) is 0.709. The molecule has 3 fully saturated rings. The molecule has 0 aromatic rings. The third kappa shape index (κ3) is 3.25. The van der Waals surface area contributed by atoms with Crippen molar-refractivity contribution < 1.29 is 33.2 Å². The maximum absolute atomic E-state index is 12.6. The van der Waals surface area contributed by atoms with E-state index in [9.17, 15) is 4.79 Å². The van der Waals surface area contributed by atoms with Gasteiger partial charge in [0.1, 0.15) is 31.9 Å². The van der Waals surface area contributed by atoms with Crippen LogP contribution in [0.25, 0.3) is 0 Å². The van der Waals surface area contributed by atoms with E-state index in [4.69, 9.17) is 28.4 Å². The number of carbonyl (C=O) groups excluding carboxylic acids is 1. The highest BCUT2D eigenvalue weighted by Crippen LogP contribution is 2.36. The molecule has 6 atom stereocenters. The van der Waals surface area contributed by atoms with E-state index >= 15 is 0 Å². The Hall–Kier alpha value is -0.730. The van der Waals surface area contributed by atoms with Gasteiger partial charge >= 0.3 is 5.97 Å². The maximum atomic E-state index is 12.6. The number of esters is 1. The van der Waals surface area contributed by atoms with Gasteiger partial charge in [0, 0.05) is 0 Å². The van der Waals surface area contributed by atoms with Crippen LogP contribution in [0.15, 0.2) is 0 Å². The minimum atomic E-state index is -0.788. The fraction of sp³-hybridized carbons (Fsp3) is 0.938. The molecule has 0 aliphatic carbocycles. The Morgan fingerprint density at radius 2 is 1.87 bits per heavy atom. The maximum Gasteiger partial charge on any atom is 0.314 e. The summed E-state index contributed by atoms with van der Waals surface area (Å²) in [6.07, 6.45) is 0.306. The summed E-state index contributed by atoms with van der Waals surface area (Å²) < 4.78 is 33.7. The Morgan fingerprint density at radius 3 is 2.61 bits per heavy atom. The van der Waals surface area contributed by atoms with Crippen molar-refractivity contribution in [3.8, 4) is 0 Å². The fourth-order valence-electron chi connectivity index (χ4n) is 3.38. The third-order valence-corrected chi connectivity index (χ3v) is 5.04. The molecular weight excluding hydrogens is 304 g/mol. The van der Waals surface area contributed by atoms with Crippen molar-refractivity contribution in [2.75, 3.05) is 20.2 Å². The smallest absolute Gasteiger partial charge is 0.314 e. The van der Waals surface area contributed by atoms with Crippen LogP contribution >= 0.6 is 0 Å². The number of carbonyl (C=O) groups is 1. The normalized spacial score (nSPS) is 39.2. The lowest BCUT2D eigenvalue weighted by Crippen LogP contribution is -2.61. The van der Waals surface area contributed by atoms with Crippen molar-refractivity contribution in [1.29, 1.82) is 0 Å². The van der Waals surface area contributed by atoms with E-state index in [2.05, 4.69) is 6.92 Å². The number of ether oxygens (including phenoxy) is 6. The second-order valence-electron chi connectivity index (χ2n) is 6.61. The first-order valence-corrected chi connectivity index (χ1v) is 8.38. The molecule has 0 bridgehead atoms. The Bertz CT molecular complexity index is 429. The van der Waals surface area contributed by atoms with Gasteiger partial charge in [0.25, 0.3) is 0 Å².